The lowest BCUT2D eigenvalue weighted by atomic mass is 10.1. The summed E-state index contributed by atoms with van der Waals surface area (Å²) in [5, 5.41) is 21.5. The van der Waals surface area contributed by atoms with E-state index < -0.39 is 18.2 Å². The Balaban J connectivity index is 2.69. The smallest absolute Gasteiger partial charge is 0.107 e. The lowest BCUT2D eigenvalue weighted by molar-refractivity contribution is -0.0170. The molecule has 1 aliphatic rings. The van der Waals surface area contributed by atoms with Gasteiger partial charge >= 0.3 is 0 Å². The van der Waals surface area contributed by atoms with Crippen LogP contribution < -0.4 is 0 Å². The van der Waals surface area contributed by atoms with Crippen LogP contribution in [0.3, 0.4) is 0 Å². The van der Waals surface area contributed by atoms with Crippen LogP contribution in [0.2, 0.25) is 0 Å². The average Bonchev–Trinajstić information content (AvgIpc) is 2.32. The molecule has 0 aliphatic carbocycles. The second-order valence-corrected chi connectivity index (χ2v) is 2.75. The first-order chi connectivity index (χ1) is 5.70. The first-order valence-corrected chi connectivity index (χ1v) is 3.69. The van der Waals surface area contributed by atoms with Crippen LogP contribution >= 0.6 is 0 Å². The van der Waals surface area contributed by atoms with Crippen LogP contribution in [0.4, 0.5) is 0 Å². The van der Waals surface area contributed by atoms with Crippen molar-refractivity contribution in [3.63, 3.8) is 0 Å². The van der Waals surface area contributed by atoms with Crippen molar-refractivity contribution in [3.8, 4) is 0 Å². The van der Waals surface area contributed by atoms with Crippen LogP contribution in [0.15, 0.2) is 5.11 Å². The molecule has 68 valence electrons. The van der Waals surface area contributed by atoms with Crippen molar-refractivity contribution in [1.82, 2.24) is 0 Å². The summed E-state index contributed by atoms with van der Waals surface area (Å²) in [6.07, 6.45) is -1.87. The molecule has 12 heavy (non-hydrogen) atoms. The van der Waals surface area contributed by atoms with Gasteiger partial charge in [-0.1, -0.05) is 5.11 Å². The third-order valence-electron chi connectivity index (χ3n) is 1.97. The van der Waals surface area contributed by atoms with Crippen molar-refractivity contribution in [2.24, 2.45) is 5.11 Å². The highest BCUT2D eigenvalue weighted by atomic mass is 16.5. The largest absolute Gasteiger partial charge is 0.394 e. The lowest BCUT2D eigenvalue weighted by Crippen LogP contribution is -2.31. The molecule has 1 aliphatic heterocycles. The summed E-state index contributed by atoms with van der Waals surface area (Å²) in [5.41, 5.74) is 8.15. The van der Waals surface area contributed by atoms with Gasteiger partial charge in [0.15, 0.2) is 0 Å². The van der Waals surface area contributed by atoms with Crippen LogP contribution in [-0.4, -0.2) is 41.2 Å². The molecule has 0 aromatic heterocycles. The first kappa shape index (κ1) is 9.28. The van der Waals surface area contributed by atoms with Gasteiger partial charge < -0.3 is 14.9 Å². The SMILES string of the molecule is C[C@@H]1O[C@H](CO)C(O)[C@@H]1N=[N+]=[N-]. The normalized spacial score (nSPS) is 40.9. The summed E-state index contributed by atoms with van der Waals surface area (Å²) in [6, 6.07) is -0.591. The van der Waals surface area contributed by atoms with E-state index in [1.54, 1.807) is 6.92 Å². The molecule has 0 spiro atoms. The molecule has 0 radical (unpaired) electrons. The summed E-state index contributed by atoms with van der Waals surface area (Å²) in [7, 11) is 0. The van der Waals surface area contributed by atoms with Gasteiger partial charge in [-0.15, -0.1) is 0 Å². The van der Waals surface area contributed by atoms with E-state index in [1.807, 2.05) is 0 Å². The van der Waals surface area contributed by atoms with Crippen molar-refractivity contribution in [2.45, 2.75) is 31.3 Å². The predicted octanol–water partition coefficient (Wildman–Crippen LogP) is -0.194. The fraction of sp³-hybridized carbons (Fsp3) is 1.00. The van der Waals surface area contributed by atoms with Crippen LogP contribution in [-0.2, 0) is 4.74 Å². The molecule has 1 rings (SSSR count). The molecule has 1 heterocycles. The van der Waals surface area contributed by atoms with E-state index in [4.69, 9.17) is 15.4 Å². The molecule has 2 N–H and O–H groups in total. The zero-order valence-corrected chi connectivity index (χ0v) is 6.66. The minimum absolute atomic E-state index is 0.261. The fourth-order valence-corrected chi connectivity index (χ4v) is 1.31. The van der Waals surface area contributed by atoms with E-state index in [0.717, 1.165) is 0 Å². The van der Waals surface area contributed by atoms with Crippen LogP contribution in [0.25, 0.3) is 10.4 Å². The molecular weight excluding hydrogens is 162 g/mol. The Morgan fingerprint density at radius 3 is 2.75 bits per heavy atom. The van der Waals surface area contributed by atoms with Gasteiger partial charge in [0.1, 0.15) is 6.10 Å². The third kappa shape index (κ3) is 1.51. The molecule has 1 unspecified atom stereocenters. The minimum Gasteiger partial charge on any atom is -0.394 e. The van der Waals surface area contributed by atoms with Crippen LogP contribution in [0.1, 0.15) is 6.92 Å². The average molecular weight is 173 g/mol. The Morgan fingerprint density at radius 2 is 2.33 bits per heavy atom. The monoisotopic (exact) mass is 173 g/mol. The van der Waals surface area contributed by atoms with Gasteiger partial charge in [-0.3, -0.25) is 0 Å². The Kier molecular flexibility index (Phi) is 2.88. The number of hydrogen-bond donors (Lipinski definition) is 2. The molecule has 4 atom stereocenters. The lowest BCUT2D eigenvalue weighted by Gasteiger charge is -2.10. The van der Waals surface area contributed by atoms with Gasteiger partial charge in [0.25, 0.3) is 0 Å². The summed E-state index contributed by atoms with van der Waals surface area (Å²) in [4.78, 5) is 2.59. The Morgan fingerprint density at radius 1 is 1.67 bits per heavy atom. The number of aliphatic hydroxyl groups excluding tert-OH is 2. The molecule has 0 amide bonds. The Bertz CT molecular complexity index is 204. The molecule has 6 heteroatoms. The summed E-state index contributed by atoms with van der Waals surface area (Å²) in [5.74, 6) is 0. The molecule has 0 aromatic carbocycles. The number of ether oxygens (including phenoxy) is 1. The highest BCUT2D eigenvalue weighted by Gasteiger charge is 2.40. The molecule has 0 aromatic rings. The first-order valence-electron chi connectivity index (χ1n) is 3.69. The Labute approximate surface area is 69.4 Å². The van der Waals surface area contributed by atoms with Crippen molar-refractivity contribution in [3.05, 3.63) is 10.4 Å². The second-order valence-electron chi connectivity index (χ2n) is 2.75. The number of nitrogens with zero attached hydrogens (tertiary/aromatic N) is 3. The molecule has 1 saturated heterocycles. The quantitative estimate of drug-likeness (QED) is 0.344. The maximum Gasteiger partial charge on any atom is 0.107 e. The standard InChI is InChI=1S/C6H11N3O3/c1-3-5(8-9-7)6(11)4(2-10)12-3/h3-6,10-11H,2H2,1H3/t3-,4+,5+,6?/m0/s1. The van der Waals surface area contributed by atoms with Gasteiger partial charge in [0, 0.05) is 4.91 Å². The van der Waals surface area contributed by atoms with Crippen molar-refractivity contribution in [2.75, 3.05) is 6.61 Å². The van der Waals surface area contributed by atoms with E-state index in [2.05, 4.69) is 10.0 Å². The number of hydrogen-bond acceptors (Lipinski definition) is 4. The summed E-state index contributed by atoms with van der Waals surface area (Å²) in [6.45, 7) is 1.43. The van der Waals surface area contributed by atoms with Gasteiger partial charge in [0.2, 0.25) is 0 Å². The third-order valence-corrected chi connectivity index (χ3v) is 1.97. The topological polar surface area (TPSA) is 98.5 Å². The molecule has 0 saturated carbocycles. The van der Waals surface area contributed by atoms with Gasteiger partial charge in [-0.25, -0.2) is 0 Å². The number of azide groups is 1. The van der Waals surface area contributed by atoms with Crippen molar-refractivity contribution < 1.29 is 14.9 Å². The van der Waals surface area contributed by atoms with E-state index in [0.29, 0.717) is 0 Å². The van der Waals surface area contributed by atoms with Gasteiger partial charge in [-0.2, -0.15) is 0 Å². The summed E-state index contributed by atoms with van der Waals surface area (Å²) < 4.78 is 5.12. The minimum atomic E-state index is -0.902. The van der Waals surface area contributed by atoms with E-state index >= 15 is 0 Å². The van der Waals surface area contributed by atoms with Gasteiger partial charge in [0.05, 0.1) is 24.9 Å². The van der Waals surface area contributed by atoms with E-state index in [-0.39, 0.29) is 12.7 Å². The van der Waals surface area contributed by atoms with Crippen LogP contribution in [0, 0.1) is 0 Å². The predicted molar refractivity (Wildman–Crippen MR) is 40.4 cm³/mol. The fourth-order valence-electron chi connectivity index (χ4n) is 1.31. The zero-order valence-electron chi connectivity index (χ0n) is 6.66. The molecule has 1 fully saturated rings. The van der Waals surface area contributed by atoms with Crippen molar-refractivity contribution in [1.29, 1.82) is 0 Å². The molecule has 6 nitrogen and oxygen atoms in total. The van der Waals surface area contributed by atoms with Crippen LogP contribution in [0.5, 0.6) is 0 Å². The maximum atomic E-state index is 9.40. The zero-order chi connectivity index (χ0) is 9.14. The highest BCUT2D eigenvalue weighted by molar-refractivity contribution is 4.93. The molecular formula is C6H11N3O3. The van der Waals surface area contributed by atoms with Crippen molar-refractivity contribution >= 4 is 0 Å². The Hall–Kier alpha value is -0.810. The second kappa shape index (κ2) is 3.73. The maximum absolute atomic E-state index is 9.40. The number of rotatable bonds is 2. The van der Waals surface area contributed by atoms with E-state index in [9.17, 15) is 5.11 Å². The summed E-state index contributed by atoms with van der Waals surface area (Å²) >= 11 is 0. The number of aliphatic hydroxyl groups is 2. The van der Waals surface area contributed by atoms with Gasteiger partial charge in [-0.05, 0) is 12.5 Å². The highest BCUT2D eigenvalue weighted by Crippen LogP contribution is 2.23. The van der Waals surface area contributed by atoms with E-state index in [1.165, 1.54) is 0 Å². The molecule has 0 bridgehead atoms.